The van der Waals surface area contributed by atoms with Crippen molar-refractivity contribution in [3.63, 3.8) is 0 Å². The Balaban J connectivity index is 1.93. The SMILES string of the molecule is O=C(O)c1ccc(Oc2cnc3ccccc3n2)c(Cl)c1. The zero-order valence-electron chi connectivity index (χ0n) is 10.7. The minimum atomic E-state index is -1.05. The van der Waals surface area contributed by atoms with Crippen LogP contribution in [0.25, 0.3) is 11.0 Å². The minimum absolute atomic E-state index is 0.0944. The number of benzene rings is 2. The third kappa shape index (κ3) is 2.78. The van der Waals surface area contributed by atoms with Crippen molar-refractivity contribution >= 4 is 28.6 Å². The molecule has 1 N–H and O–H groups in total. The Morgan fingerprint density at radius 2 is 1.90 bits per heavy atom. The van der Waals surface area contributed by atoms with Crippen LogP contribution in [0.5, 0.6) is 11.6 Å². The average molecular weight is 301 g/mol. The van der Waals surface area contributed by atoms with Gasteiger partial charge in [-0.1, -0.05) is 23.7 Å². The molecule has 0 aliphatic rings. The number of fused-ring (bicyclic) bond motifs is 1. The molecule has 3 aromatic rings. The standard InChI is InChI=1S/C15H9ClN2O3/c16-10-7-9(15(19)20)5-6-13(10)21-14-8-17-11-3-1-2-4-12(11)18-14/h1-8H,(H,19,20). The van der Waals surface area contributed by atoms with Gasteiger partial charge in [0.2, 0.25) is 5.88 Å². The summed E-state index contributed by atoms with van der Waals surface area (Å²) >= 11 is 6.01. The molecule has 0 unspecified atom stereocenters. The van der Waals surface area contributed by atoms with Crippen LogP contribution in [0.1, 0.15) is 10.4 Å². The van der Waals surface area contributed by atoms with E-state index in [9.17, 15) is 4.79 Å². The van der Waals surface area contributed by atoms with E-state index >= 15 is 0 Å². The van der Waals surface area contributed by atoms with Crippen molar-refractivity contribution < 1.29 is 14.6 Å². The predicted molar refractivity (Wildman–Crippen MR) is 78.0 cm³/mol. The molecular formula is C15H9ClN2O3. The Morgan fingerprint density at radius 3 is 2.62 bits per heavy atom. The molecule has 0 radical (unpaired) electrons. The molecule has 1 heterocycles. The molecule has 0 fully saturated rings. The van der Waals surface area contributed by atoms with Gasteiger partial charge in [-0.2, -0.15) is 0 Å². The maximum atomic E-state index is 10.8. The Kier molecular flexibility index (Phi) is 3.41. The summed E-state index contributed by atoms with van der Waals surface area (Å²) in [7, 11) is 0. The lowest BCUT2D eigenvalue weighted by molar-refractivity contribution is 0.0697. The zero-order chi connectivity index (χ0) is 14.8. The first-order valence-corrected chi connectivity index (χ1v) is 6.44. The van der Waals surface area contributed by atoms with Gasteiger partial charge in [0, 0.05) is 0 Å². The summed E-state index contributed by atoms with van der Waals surface area (Å²) in [5, 5.41) is 9.09. The molecule has 0 spiro atoms. The van der Waals surface area contributed by atoms with Gasteiger partial charge in [-0.3, -0.25) is 0 Å². The van der Waals surface area contributed by atoms with Gasteiger partial charge in [-0.05, 0) is 30.3 Å². The number of carboxylic acid groups (broad SMARTS) is 1. The van der Waals surface area contributed by atoms with Crippen LogP contribution in [0.2, 0.25) is 5.02 Å². The van der Waals surface area contributed by atoms with Crippen molar-refractivity contribution in [2.24, 2.45) is 0 Å². The number of halogens is 1. The summed E-state index contributed by atoms with van der Waals surface area (Å²) < 4.78 is 5.55. The molecule has 5 nitrogen and oxygen atoms in total. The molecule has 0 saturated heterocycles. The number of hydrogen-bond donors (Lipinski definition) is 1. The molecule has 3 rings (SSSR count). The third-order valence-electron chi connectivity index (χ3n) is 2.82. The number of aromatic carboxylic acids is 1. The number of rotatable bonds is 3. The lowest BCUT2D eigenvalue weighted by Crippen LogP contribution is -1.97. The van der Waals surface area contributed by atoms with E-state index in [0.29, 0.717) is 17.1 Å². The van der Waals surface area contributed by atoms with Crippen molar-refractivity contribution in [2.45, 2.75) is 0 Å². The number of carbonyl (C=O) groups is 1. The van der Waals surface area contributed by atoms with E-state index in [1.54, 1.807) is 0 Å². The first-order chi connectivity index (χ1) is 10.1. The van der Waals surface area contributed by atoms with Gasteiger partial charge in [0.25, 0.3) is 0 Å². The van der Waals surface area contributed by atoms with E-state index in [0.717, 1.165) is 5.52 Å². The summed E-state index contributed by atoms with van der Waals surface area (Å²) in [6.45, 7) is 0. The van der Waals surface area contributed by atoms with Crippen molar-refractivity contribution in [3.05, 3.63) is 59.2 Å². The smallest absolute Gasteiger partial charge is 0.335 e. The molecular weight excluding hydrogens is 292 g/mol. The number of hydrogen-bond acceptors (Lipinski definition) is 4. The fourth-order valence-electron chi connectivity index (χ4n) is 1.82. The van der Waals surface area contributed by atoms with Crippen molar-refractivity contribution in [3.8, 4) is 11.6 Å². The average Bonchev–Trinajstić information content (AvgIpc) is 2.49. The number of para-hydroxylation sites is 2. The number of aromatic nitrogens is 2. The van der Waals surface area contributed by atoms with Gasteiger partial charge in [-0.25, -0.2) is 14.8 Å². The predicted octanol–water partition coefficient (Wildman–Crippen LogP) is 3.77. The molecule has 6 heteroatoms. The summed E-state index contributed by atoms with van der Waals surface area (Å²) in [6, 6.07) is 11.6. The second-order valence-corrected chi connectivity index (χ2v) is 4.66. The Hall–Kier alpha value is -2.66. The highest BCUT2D eigenvalue weighted by molar-refractivity contribution is 6.32. The molecule has 0 amide bonds. The topological polar surface area (TPSA) is 72.3 Å². The molecule has 0 saturated carbocycles. The Labute approximate surface area is 124 Å². The quantitative estimate of drug-likeness (QED) is 0.797. The van der Waals surface area contributed by atoms with Gasteiger partial charge < -0.3 is 9.84 Å². The first kappa shape index (κ1) is 13.3. The highest BCUT2D eigenvalue weighted by atomic mass is 35.5. The van der Waals surface area contributed by atoms with Crippen LogP contribution in [0.3, 0.4) is 0 Å². The fraction of sp³-hybridized carbons (Fsp3) is 0. The van der Waals surface area contributed by atoms with Crippen molar-refractivity contribution in [2.75, 3.05) is 0 Å². The number of ether oxygens (including phenoxy) is 1. The maximum absolute atomic E-state index is 10.8. The molecule has 1 aromatic heterocycles. The van der Waals surface area contributed by atoms with Gasteiger partial charge in [0.15, 0.2) is 0 Å². The minimum Gasteiger partial charge on any atom is -0.478 e. The highest BCUT2D eigenvalue weighted by Crippen LogP contribution is 2.29. The van der Waals surface area contributed by atoms with Crippen LogP contribution in [-0.4, -0.2) is 21.0 Å². The lowest BCUT2D eigenvalue weighted by atomic mass is 10.2. The van der Waals surface area contributed by atoms with Crippen molar-refractivity contribution in [1.29, 1.82) is 0 Å². The highest BCUT2D eigenvalue weighted by Gasteiger charge is 2.09. The normalized spacial score (nSPS) is 10.5. The van der Waals surface area contributed by atoms with E-state index in [4.69, 9.17) is 21.4 Å². The Morgan fingerprint density at radius 1 is 1.14 bits per heavy atom. The van der Waals surface area contributed by atoms with E-state index in [1.165, 1.54) is 24.4 Å². The molecule has 21 heavy (non-hydrogen) atoms. The van der Waals surface area contributed by atoms with E-state index in [-0.39, 0.29) is 10.6 Å². The third-order valence-corrected chi connectivity index (χ3v) is 3.12. The fourth-order valence-corrected chi connectivity index (χ4v) is 2.04. The molecule has 2 aromatic carbocycles. The second kappa shape index (κ2) is 5.38. The molecule has 0 aliphatic carbocycles. The van der Waals surface area contributed by atoms with Crippen LogP contribution in [0, 0.1) is 0 Å². The van der Waals surface area contributed by atoms with Crippen LogP contribution in [-0.2, 0) is 0 Å². The van der Waals surface area contributed by atoms with Crippen LogP contribution >= 0.6 is 11.6 Å². The number of nitrogens with zero attached hydrogens (tertiary/aromatic N) is 2. The molecule has 104 valence electrons. The number of carboxylic acids is 1. The van der Waals surface area contributed by atoms with Gasteiger partial charge in [0.05, 0.1) is 27.8 Å². The summed E-state index contributed by atoms with van der Waals surface area (Å²) in [5.74, 6) is -0.432. The monoisotopic (exact) mass is 300 g/mol. The maximum Gasteiger partial charge on any atom is 0.335 e. The second-order valence-electron chi connectivity index (χ2n) is 4.25. The van der Waals surface area contributed by atoms with E-state index in [1.807, 2.05) is 24.3 Å². The van der Waals surface area contributed by atoms with E-state index < -0.39 is 5.97 Å². The van der Waals surface area contributed by atoms with Gasteiger partial charge in [0.1, 0.15) is 5.75 Å². The van der Waals surface area contributed by atoms with Crippen LogP contribution in [0.4, 0.5) is 0 Å². The largest absolute Gasteiger partial charge is 0.478 e. The van der Waals surface area contributed by atoms with Crippen LogP contribution in [0.15, 0.2) is 48.7 Å². The summed E-state index contributed by atoms with van der Waals surface area (Å²) in [4.78, 5) is 19.4. The van der Waals surface area contributed by atoms with Gasteiger partial charge in [-0.15, -0.1) is 0 Å². The molecule has 0 atom stereocenters. The van der Waals surface area contributed by atoms with Crippen molar-refractivity contribution in [1.82, 2.24) is 9.97 Å². The van der Waals surface area contributed by atoms with Gasteiger partial charge >= 0.3 is 5.97 Å². The lowest BCUT2D eigenvalue weighted by Gasteiger charge is -2.07. The molecule has 0 bridgehead atoms. The summed E-state index contributed by atoms with van der Waals surface area (Å²) in [5.41, 5.74) is 1.56. The molecule has 0 aliphatic heterocycles. The first-order valence-electron chi connectivity index (χ1n) is 6.06. The van der Waals surface area contributed by atoms with E-state index in [2.05, 4.69) is 9.97 Å². The summed E-state index contributed by atoms with van der Waals surface area (Å²) in [6.07, 6.45) is 1.49. The Bertz CT molecular complexity index is 836. The van der Waals surface area contributed by atoms with Crippen LogP contribution < -0.4 is 4.74 Å². The zero-order valence-corrected chi connectivity index (χ0v) is 11.4.